The minimum Gasteiger partial charge on any atom is -0.367 e. The first-order valence-corrected chi connectivity index (χ1v) is 7.84. The molecule has 1 amide bonds. The third kappa shape index (κ3) is 2.68. The number of benzene rings is 1. The molecule has 1 aromatic carbocycles. The fourth-order valence-corrected chi connectivity index (χ4v) is 2.59. The van der Waals surface area contributed by atoms with Gasteiger partial charge in [0.15, 0.2) is 0 Å². The molecule has 4 N–H and O–H groups in total. The van der Waals surface area contributed by atoms with Crippen molar-refractivity contribution in [2.45, 2.75) is 33.7 Å². The van der Waals surface area contributed by atoms with Crippen LogP contribution in [-0.4, -0.2) is 21.9 Å². The topological polar surface area (TPSA) is 83.8 Å². The minimum absolute atomic E-state index is 0.00766. The van der Waals surface area contributed by atoms with E-state index in [-0.39, 0.29) is 22.8 Å². The zero-order valence-corrected chi connectivity index (χ0v) is 14.2. The standard InChI is InChI=1S/C18H21FN4O/c1-9(18(2,3)4)22-17-14-11-7-10(19)5-6-13(11)23-15(14)12(8-21-17)16(20)24/h5-9,23H,1-4H3,(H2,20,24)(H,21,22). The van der Waals surface area contributed by atoms with Crippen LogP contribution in [0.15, 0.2) is 24.4 Å². The second kappa shape index (κ2) is 5.47. The summed E-state index contributed by atoms with van der Waals surface area (Å²) in [7, 11) is 0. The summed E-state index contributed by atoms with van der Waals surface area (Å²) in [5.74, 6) is -0.313. The van der Waals surface area contributed by atoms with Gasteiger partial charge in [0.25, 0.3) is 5.91 Å². The second-order valence-electron chi connectivity index (χ2n) is 7.18. The monoisotopic (exact) mass is 328 g/mol. The number of carbonyl (C=O) groups excluding carboxylic acids is 1. The number of hydrogen-bond donors (Lipinski definition) is 3. The largest absolute Gasteiger partial charge is 0.367 e. The molecule has 0 bridgehead atoms. The molecule has 3 aromatic rings. The van der Waals surface area contributed by atoms with Gasteiger partial charge in [0, 0.05) is 23.1 Å². The lowest BCUT2D eigenvalue weighted by molar-refractivity contribution is 0.100. The van der Waals surface area contributed by atoms with Crippen LogP contribution in [0.3, 0.4) is 0 Å². The summed E-state index contributed by atoms with van der Waals surface area (Å²) in [4.78, 5) is 19.3. The van der Waals surface area contributed by atoms with Gasteiger partial charge < -0.3 is 16.0 Å². The molecule has 0 spiro atoms. The molecule has 5 nitrogen and oxygen atoms in total. The summed E-state index contributed by atoms with van der Waals surface area (Å²) in [5, 5.41) is 4.73. The van der Waals surface area contributed by atoms with E-state index in [2.05, 4.69) is 43.0 Å². The van der Waals surface area contributed by atoms with Crippen molar-refractivity contribution in [2.24, 2.45) is 11.1 Å². The zero-order valence-electron chi connectivity index (χ0n) is 14.2. The van der Waals surface area contributed by atoms with Crippen LogP contribution in [0.25, 0.3) is 21.8 Å². The molecule has 0 fully saturated rings. The summed E-state index contributed by atoms with van der Waals surface area (Å²) in [6.45, 7) is 8.42. The molecule has 1 unspecified atom stereocenters. The number of H-pyrrole nitrogens is 1. The number of aromatic amines is 1. The van der Waals surface area contributed by atoms with E-state index < -0.39 is 5.91 Å². The number of halogens is 1. The van der Waals surface area contributed by atoms with E-state index in [1.54, 1.807) is 6.07 Å². The predicted molar refractivity (Wildman–Crippen MR) is 94.6 cm³/mol. The van der Waals surface area contributed by atoms with Gasteiger partial charge in [-0.25, -0.2) is 9.37 Å². The van der Waals surface area contributed by atoms with Crippen LogP contribution in [-0.2, 0) is 0 Å². The van der Waals surface area contributed by atoms with Crippen molar-refractivity contribution in [1.82, 2.24) is 9.97 Å². The molecule has 0 aliphatic rings. The SMILES string of the molecule is CC(Nc1ncc(C(N)=O)c2[nH]c3ccc(F)cc3c12)C(C)(C)C. The second-order valence-corrected chi connectivity index (χ2v) is 7.18. The van der Waals surface area contributed by atoms with Gasteiger partial charge in [-0.3, -0.25) is 4.79 Å². The first-order valence-electron chi connectivity index (χ1n) is 7.84. The third-order valence-corrected chi connectivity index (χ3v) is 4.51. The maximum atomic E-state index is 13.7. The Morgan fingerprint density at radius 1 is 1.38 bits per heavy atom. The lowest BCUT2D eigenvalue weighted by atomic mass is 9.88. The molecule has 2 heterocycles. The van der Waals surface area contributed by atoms with Gasteiger partial charge in [0.1, 0.15) is 11.6 Å². The van der Waals surface area contributed by atoms with Crippen molar-refractivity contribution in [2.75, 3.05) is 5.32 Å². The number of primary amides is 1. The predicted octanol–water partition coefficient (Wildman–Crippen LogP) is 3.80. The highest BCUT2D eigenvalue weighted by Crippen LogP contribution is 2.34. The van der Waals surface area contributed by atoms with Gasteiger partial charge in [0.2, 0.25) is 0 Å². The summed E-state index contributed by atoms with van der Waals surface area (Å²) in [5.41, 5.74) is 7.05. The fourth-order valence-electron chi connectivity index (χ4n) is 2.59. The lowest BCUT2D eigenvalue weighted by Crippen LogP contribution is -2.31. The van der Waals surface area contributed by atoms with E-state index in [1.165, 1.54) is 18.3 Å². The van der Waals surface area contributed by atoms with Crippen molar-refractivity contribution >= 4 is 33.5 Å². The van der Waals surface area contributed by atoms with Crippen molar-refractivity contribution in [3.8, 4) is 0 Å². The van der Waals surface area contributed by atoms with E-state index in [4.69, 9.17) is 5.73 Å². The smallest absolute Gasteiger partial charge is 0.252 e. The number of fused-ring (bicyclic) bond motifs is 3. The minimum atomic E-state index is -0.574. The molecule has 2 aromatic heterocycles. The molecule has 1 atom stereocenters. The third-order valence-electron chi connectivity index (χ3n) is 4.51. The molecule has 3 rings (SSSR count). The lowest BCUT2D eigenvalue weighted by Gasteiger charge is -2.28. The van der Waals surface area contributed by atoms with Gasteiger partial charge in [-0.2, -0.15) is 0 Å². The van der Waals surface area contributed by atoms with Crippen molar-refractivity contribution < 1.29 is 9.18 Å². The van der Waals surface area contributed by atoms with Gasteiger partial charge in [0.05, 0.1) is 16.5 Å². The Morgan fingerprint density at radius 2 is 2.08 bits per heavy atom. The van der Waals surface area contributed by atoms with Crippen molar-refractivity contribution in [3.63, 3.8) is 0 Å². The molecule has 24 heavy (non-hydrogen) atoms. The van der Waals surface area contributed by atoms with Gasteiger partial charge in [-0.05, 0) is 30.5 Å². The van der Waals surface area contributed by atoms with Crippen LogP contribution in [0.4, 0.5) is 10.2 Å². The Hall–Kier alpha value is -2.63. The fraction of sp³-hybridized carbons (Fsp3) is 0.333. The number of amides is 1. The van der Waals surface area contributed by atoms with Crippen LogP contribution in [0.1, 0.15) is 38.1 Å². The molecule has 6 heteroatoms. The van der Waals surface area contributed by atoms with E-state index in [0.717, 1.165) is 5.52 Å². The Kier molecular flexibility index (Phi) is 3.70. The average molecular weight is 328 g/mol. The Morgan fingerprint density at radius 3 is 2.71 bits per heavy atom. The van der Waals surface area contributed by atoms with E-state index in [9.17, 15) is 9.18 Å². The van der Waals surface area contributed by atoms with Crippen LogP contribution >= 0.6 is 0 Å². The first kappa shape index (κ1) is 16.2. The van der Waals surface area contributed by atoms with Crippen LogP contribution in [0, 0.1) is 11.2 Å². The number of aromatic nitrogens is 2. The van der Waals surface area contributed by atoms with Crippen molar-refractivity contribution in [1.29, 1.82) is 0 Å². The van der Waals surface area contributed by atoms with Crippen molar-refractivity contribution in [3.05, 3.63) is 35.8 Å². The quantitative estimate of drug-likeness (QED) is 0.684. The summed E-state index contributed by atoms with van der Waals surface area (Å²) >= 11 is 0. The number of hydrogen-bond acceptors (Lipinski definition) is 3. The van der Waals surface area contributed by atoms with Gasteiger partial charge >= 0.3 is 0 Å². The summed E-state index contributed by atoms with van der Waals surface area (Å²) in [6, 6.07) is 4.58. The molecule has 0 saturated heterocycles. The molecule has 0 radical (unpaired) electrons. The number of pyridine rings is 1. The molecular formula is C18H21FN4O. The number of nitrogens with zero attached hydrogens (tertiary/aromatic N) is 1. The number of anilines is 1. The van der Waals surface area contributed by atoms with Gasteiger partial charge in [-0.1, -0.05) is 20.8 Å². The van der Waals surface area contributed by atoms with Crippen LogP contribution in [0.5, 0.6) is 0 Å². The normalized spacial score (nSPS) is 13.4. The molecule has 0 aliphatic carbocycles. The highest BCUT2D eigenvalue weighted by atomic mass is 19.1. The number of rotatable bonds is 3. The Bertz CT molecular complexity index is 939. The van der Waals surface area contributed by atoms with E-state index in [1.807, 2.05) is 0 Å². The highest BCUT2D eigenvalue weighted by Gasteiger charge is 2.23. The Labute approximate surface area is 139 Å². The number of carbonyl (C=O) groups is 1. The molecule has 0 saturated carbocycles. The maximum Gasteiger partial charge on any atom is 0.252 e. The summed E-state index contributed by atoms with van der Waals surface area (Å²) in [6.07, 6.45) is 1.45. The summed E-state index contributed by atoms with van der Waals surface area (Å²) < 4.78 is 13.7. The Balaban J connectivity index is 2.30. The molecular weight excluding hydrogens is 307 g/mol. The average Bonchev–Trinajstić information content (AvgIpc) is 2.85. The number of nitrogens with two attached hydrogens (primary N) is 1. The number of nitrogens with one attached hydrogen (secondary N) is 2. The van der Waals surface area contributed by atoms with Crippen LogP contribution in [0.2, 0.25) is 0 Å². The molecule has 126 valence electrons. The first-order chi connectivity index (χ1) is 11.2. The maximum absolute atomic E-state index is 13.7. The van der Waals surface area contributed by atoms with Crippen LogP contribution < -0.4 is 11.1 Å². The zero-order chi connectivity index (χ0) is 17.6. The van der Waals surface area contributed by atoms with Gasteiger partial charge in [-0.15, -0.1) is 0 Å². The highest BCUT2D eigenvalue weighted by molar-refractivity contribution is 6.18. The molecule has 0 aliphatic heterocycles. The van der Waals surface area contributed by atoms with E-state index >= 15 is 0 Å². The van der Waals surface area contributed by atoms with E-state index in [0.29, 0.717) is 22.1 Å².